The molecule has 2 nitrogen and oxygen atoms in total. The molecule has 0 atom stereocenters. The second kappa shape index (κ2) is 16.4. The summed E-state index contributed by atoms with van der Waals surface area (Å²) in [5, 5.41) is 0. The highest BCUT2D eigenvalue weighted by molar-refractivity contribution is 4.65. The minimum absolute atomic E-state index is 0.869. The Balaban J connectivity index is 2.90. The van der Waals surface area contributed by atoms with Crippen LogP contribution in [0.3, 0.4) is 0 Å². The average molecular weight is 254 g/mol. The zero-order chi connectivity index (χ0) is 13.3. The lowest BCUT2D eigenvalue weighted by atomic mass is 10.2. The molecule has 0 aromatic heterocycles. The van der Waals surface area contributed by atoms with Crippen LogP contribution in [0.1, 0.15) is 51.4 Å². The van der Waals surface area contributed by atoms with Crippen molar-refractivity contribution in [3.63, 3.8) is 0 Å². The molecule has 0 unspecified atom stereocenters. The first-order valence-electron chi connectivity index (χ1n) is 7.29. The van der Waals surface area contributed by atoms with Crippen molar-refractivity contribution in [3.05, 3.63) is 25.3 Å². The Morgan fingerprint density at radius 2 is 0.889 bits per heavy atom. The highest BCUT2D eigenvalue weighted by Gasteiger charge is 1.92. The van der Waals surface area contributed by atoms with E-state index in [1.807, 2.05) is 12.2 Å². The fourth-order valence-electron chi connectivity index (χ4n) is 1.60. The highest BCUT2D eigenvalue weighted by atomic mass is 16.5. The molecule has 0 aliphatic carbocycles. The van der Waals surface area contributed by atoms with Gasteiger partial charge in [-0.1, -0.05) is 12.2 Å². The van der Waals surface area contributed by atoms with Crippen molar-refractivity contribution in [1.29, 1.82) is 0 Å². The summed E-state index contributed by atoms with van der Waals surface area (Å²) in [6, 6.07) is 0. The minimum atomic E-state index is 0.869. The molecule has 0 heterocycles. The number of hydrogen-bond acceptors (Lipinski definition) is 2. The first-order chi connectivity index (χ1) is 8.91. The van der Waals surface area contributed by atoms with E-state index >= 15 is 0 Å². The monoisotopic (exact) mass is 254 g/mol. The third-order valence-electron chi connectivity index (χ3n) is 2.72. The number of unbranched alkanes of at least 4 members (excludes halogenated alkanes) is 5. The van der Waals surface area contributed by atoms with Gasteiger partial charge in [-0.15, -0.1) is 13.2 Å². The molecule has 0 fully saturated rings. The maximum atomic E-state index is 5.54. The van der Waals surface area contributed by atoms with Gasteiger partial charge in [0.15, 0.2) is 0 Å². The smallest absolute Gasteiger partial charge is 0.0466 e. The summed E-state index contributed by atoms with van der Waals surface area (Å²) in [7, 11) is 0. The van der Waals surface area contributed by atoms with Gasteiger partial charge >= 0.3 is 0 Å². The standard InChI is InChI=1S/C16H30O2/c1-3-5-7-9-13-17-15-11-12-16-18-14-10-8-6-4-2/h3-4H,1-2,5-16H2. The van der Waals surface area contributed by atoms with Crippen molar-refractivity contribution >= 4 is 0 Å². The molecule has 0 radical (unpaired) electrons. The third kappa shape index (κ3) is 15.4. The Labute approximate surface area is 113 Å². The molecule has 0 aliphatic heterocycles. The Morgan fingerprint density at radius 3 is 1.22 bits per heavy atom. The van der Waals surface area contributed by atoms with Gasteiger partial charge < -0.3 is 9.47 Å². The lowest BCUT2D eigenvalue weighted by molar-refractivity contribution is 0.0997. The molecule has 0 rings (SSSR count). The quantitative estimate of drug-likeness (QED) is 0.316. The first-order valence-corrected chi connectivity index (χ1v) is 7.29. The van der Waals surface area contributed by atoms with Crippen LogP contribution >= 0.6 is 0 Å². The van der Waals surface area contributed by atoms with E-state index in [1.54, 1.807) is 0 Å². The molecule has 2 heteroatoms. The summed E-state index contributed by atoms with van der Waals surface area (Å²) in [5.74, 6) is 0. The van der Waals surface area contributed by atoms with E-state index in [4.69, 9.17) is 9.47 Å². The molecule has 106 valence electrons. The van der Waals surface area contributed by atoms with Gasteiger partial charge in [0.25, 0.3) is 0 Å². The molecule has 0 saturated carbocycles. The number of hydrogen-bond donors (Lipinski definition) is 0. The van der Waals surface area contributed by atoms with Crippen LogP contribution in [0.5, 0.6) is 0 Å². The van der Waals surface area contributed by atoms with Crippen LogP contribution in [0, 0.1) is 0 Å². The third-order valence-corrected chi connectivity index (χ3v) is 2.72. The van der Waals surface area contributed by atoms with E-state index in [9.17, 15) is 0 Å². The summed E-state index contributed by atoms with van der Waals surface area (Å²) in [6.45, 7) is 10.9. The van der Waals surface area contributed by atoms with Gasteiger partial charge in [0, 0.05) is 26.4 Å². The predicted molar refractivity (Wildman–Crippen MR) is 79.0 cm³/mol. The molecule has 0 aromatic rings. The highest BCUT2D eigenvalue weighted by Crippen LogP contribution is 1.99. The molecule has 0 N–H and O–H groups in total. The molecule has 0 saturated heterocycles. The molecule has 0 spiro atoms. The van der Waals surface area contributed by atoms with E-state index in [0.29, 0.717) is 0 Å². The van der Waals surface area contributed by atoms with Crippen LogP contribution in [0.25, 0.3) is 0 Å². The fourth-order valence-corrected chi connectivity index (χ4v) is 1.60. The lowest BCUT2D eigenvalue weighted by Gasteiger charge is -2.05. The van der Waals surface area contributed by atoms with Crippen LogP contribution in [0.2, 0.25) is 0 Å². The van der Waals surface area contributed by atoms with Gasteiger partial charge in [-0.3, -0.25) is 0 Å². The maximum absolute atomic E-state index is 5.54. The normalized spacial score (nSPS) is 10.4. The van der Waals surface area contributed by atoms with Crippen molar-refractivity contribution in [2.75, 3.05) is 26.4 Å². The zero-order valence-corrected chi connectivity index (χ0v) is 11.9. The molecular weight excluding hydrogens is 224 g/mol. The Hall–Kier alpha value is -0.600. The largest absolute Gasteiger partial charge is 0.381 e. The summed E-state index contributed by atoms with van der Waals surface area (Å²) in [4.78, 5) is 0. The van der Waals surface area contributed by atoms with Crippen molar-refractivity contribution in [2.45, 2.75) is 51.4 Å². The van der Waals surface area contributed by atoms with E-state index in [0.717, 1.165) is 65.0 Å². The minimum Gasteiger partial charge on any atom is -0.381 e. The Morgan fingerprint density at radius 1 is 0.556 bits per heavy atom. The van der Waals surface area contributed by atoms with Gasteiger partial charge in [-0.2, -0.15) is 0 Å². The van der Waals surface area contributed by atoms with Crippen molar-refractivity contribution < 1.29 is 9.47 Å². The van der Waals surface area contributed by atoms with Crippen molar-refractivity contribution in [2.24, 2.45) is 0 Å². The molecule has 18 heavy (non-hydrogen) atoms. The molecule has 0 amide bonds. The van der Waals surface area contributed by atoms with Crippen LogP contribution in [0.4, 0.5) is 0 Å². The molecule has 0 aliphatic rings. The van der Waals surface area contributed by atoms with Gasteiger partial charge in [-0.25, -0.2) is 0 Å². The van der Waals surface area contributed by atoms with E-state index in [1.165, 1.54) is 12.8 Å². The van der Waals surface area contributed by atoms with Crippen molar-refractivity contribution in [1.82, 2.24) is 0 Å². The van der Waals surface area contributed by atoms with Gasteiger partial charge in [0.1, 0.15) is 0 Å². The van der Waals surface area contributed by atoms with Gasteiger partial charge in [-0.05, 0) is 51.4 Å². The van der Waals surface area contributed by atoms with E-state index in [-0.39, 0.29) is 0 Å². The Bertz CT molecular complexity index is 158. The second-order valence-electron chi connectivity index (χ2n) is 4.50. The summed E-state index contributed by atoms with van der Waals surface area (Å²) < 4.78 is 11.1. The maximum Gasteiger partial charge on any atom is 0.0466 e. The molecular formula is C16H30O2. The number of rotatable bonds is 15. The van der Waals surface area contributed by atoms with Gasteiger partial charge in [0.05, 0.1) is 0 Å². The topological polar surface area (TPSA) is 18.5 Å². The van der Waals surface area contributed by atoms with Crippen LogP contribution < -0.4 is 0 Å². The zero-order valence-electron chi connectivity index (χ0n) is 11.9. The molecule has 0 bridgehead atoms. The average Bonchev–Trinajstić information content (AvgIpc) is 2.39. The van der Waals surface area contributed by atoms with Crippen molar-refractivity contribution in [3.8, 4) is 0 Å². The van der Waals surface area contributed by atoms with Crippen LogP contribution in [0.15, 0.2) is 25.3 Å². The van der Waals surface area contributed by atoms with Gasteiger partial charge in [0.2, 0.25) is 0 Å². The van der Waals surface area contributed by atoms with E-state index in [2.05, 4.69) is 13.2 Å². The first kappa shape index (κ1) is 17.4. The predicted octanol–water partition coefficient (Wildman–Crippen LogP) is 4.51. The molecule has 0 aromatic carbocycles. The number of allylic oxidation sites excluding steroid dienone is 2. The summed E-state index contributed by atoms with van der Waals surface area (Å²) in [6.07, 6.45) is 13.0. The fraction of sp³-hybridized carbons (Fsp3) is 0.750. The van der Waals surface area contributed by atoms with Crippen LogP contribution in [-0.2, 0) is 9.47 Å². The number of ether oxygens (including phenoxy) is 2. The van der Waals surface area contributed by atoms with E-state index < -0.39 is 0 Å². The summed E-state index contributed by atoms with van der Waals surface area (Å²) in [5.41, 5.74) is 0. The second-order valence-corrected chi connectivity index (χ2v) is 4.50. The SMILES string of the molecule is C=CCCCCOCCCCOCCCCC=C. The summed E-state index contributed by atoms with van der Waals surface area (Å²) >= 11 is 0. The Kier molecular flexibility index (Phi) is 15.9. The lowest BCUT2D eigenvalue weighted by Crippen LogP contribution is -2.01. The van der Waals surface area contributed by atoms with Crippen LogP contribution in [-0.4, -0.2) is 26.4 Å².